The highest BCUT2D eigenvalue weighted by Gasteiger charge is 2.17. The molecular formula is C22H23N3O. The van der Waals surface area contributed by atoms with E-state index in [-0.39, 0.29) is 5.56 Å². The van der Waals surface area contributed by atoms with Crippen LogP contribution in [-0.2, 0) is 19.5 Å². The largest absolute Gasteiger partial charge is 0.329 e. The lowest BCUT2D eigenvalue weighted by Crippen LogP contribution is -2.30. The molecule has 0 saturated carbocycles. The zero-order valence-electron chi connectivity index (χ0n) is 15.2. The van der Waals surface area contributed by atoms with Gasteiger partial charge in [-0.25, -0.2) is 0 Å². The topological polar surface area (TPSA) is 49.0 Å². The van der Waals surface area contributed by atoms with Crippen molar-refractivity contribution in [3.8, 4) is 11.1 Å². The number of fused-ring (bicyclic) bond motifs is 1. The average molecular weight is 345 g/mol. The molecular weight excluding hydrogens is 322 g/mol. The van der Waals surface area contributed by atoms with Crippen molar-refractivity contribution in [3.63, 3.8) is 0 Å². The molecule has 26 heavy (non-hydrogen) atoms. The fourth-order valence-electron chi connectivity index (χ4n) is 3.70. The van der Waals surface area contributed by atoms with Gasteiger partial charge < -0.3 is 4.98 Å². The molecule has 0 fully saturated rings. The summed E-state index contributed by atoms with van der Waals surface area (Å²) in [6.07, 6.45) is 2.86. The van der Waals surface area contributed by atoms with Crippen molar-refractivity contribution in [3.05, 3.63) is 87.1 Å². The molecule has 0 atom stereocenters. The van der Waals surface area contributed by atoms with E-state index in [1.807, 2.05) is 19.2 Å². The number of nitrogens with one attached hydrogen (secondary N) is 1. The fraction of sp³-hybridized carbons (Fsp3) is 0.273. The lowest BCUT2D eigenvalue weighted by Gasteiger charge is -2.29. The first-order chi connectivity index (χ1) is 12.6. The van der Waals surface area contributed by atoms with Crippen LogP contribution in [0.1, 0.15) is 28.1 Å². The number of nitrogens with zero attached hydrogens (tertiary/aromatic N) is 2. The van der Waals surface area contributed by atoms with Gasteiger partial charge in [0.05, 0.1) is 0 Å². The third-order valence-corrected chi connectivity index (χ3v) is 5.09. The first-order valence-corrected chi connectivity index (χ1v) is 9.05. The van der Waals surface area contributed by atoms with Crippen LogP contribution in [0.15, 0.2) is 53.5 Å². The number of hydrogen-bond donors (Lipinski definition) is 1. The third-order valence-electron chi connectivity index (χ3n) is 5.09. The minimum atomic E-state index is -0.0499. The van der Waals surface area contributed by atoms with Crippen molar-refractivity contribution < 1.29 is 0 Å². The molecule has 3 aromatic rings. The summed E-state index contributed by atoms with van der Waals surface area (Å²) in [6.45, 7) is 6.94. The Bertz CT molecular complexity index is 986. The van der Waals surface area contributed by atoms with Crippen molar-refractivity contribution in [1.82, 2.24) is 14.9 Å². The number of benzene rings is 1. The molecule has 0 spiro atoms. The van der Waals surface area contributed by atoms with E-state index in [0.717, 1.165) is 43.0 Å². The van der Waals surface area contributed by atoms with Crippen LogP contribution in [0, 0.1) is 13.8 Å². The summed E-state index contributed by atoms with van der Waals surface area (Å²) < 4.78 is 0. The number of aromatic amines is 1. The van der Waals surface area contributed by atoms with Gasteiger partial charge >= 0.3 is 0 Å². The van der Waals surface area contributed by atoms with Crippen LogP contribution in [0.3, 0.4) is 0 Å². The Kier molecular flexibility index (Phi) is 4.43. The van der Waals surface area contributed by atoms with Crippen LogP contribution in [0.5, 0.6) is 0 Å². The first kappa shape index (κ1) is 16.7. The molecule has 0 amide bonds. The highest BCUT2D eigenvalue weighted by molar-refractivity contribution is 5.67. The lowest BCUT2D eigenvalue weighted by molar-refractivity contribution is 0.245. The minimum absolute atomic E-state index is 0.0499. The number of H-pyrrole nitrogens is 1. The van der Waals surface area contributed by atoms with Crippen molar-refractivity contribution in [2.45, 2.75) is 33.4 Å². The van der Waals surface area contributed by atoms with Crippen LogP contribution in [0.2, 0.25) is 0 Å². The molecule has 0 unspecified atom stereocenters. The predicted octanol–water partition coefficient (Wildman–Crippen LogP) is 3.61. The standard InChI is InChI=1S/C22H23N3O/c1-15-3-7-21(16(2)24-15)19-5-6-20-14-25(10-9-18(20)11-19)13-17-4-8-22(26)23-12-17/h3-8,11-12H,9-10,13-14H2,1-2H3,(H,23,26). The number of rotatable bonds is 3. The molecule has 1 aromatic carbocycles. The highest BCUT2D eigenvalue weighted by Crippen LogP contribution is 2.28. The zero-order chi connectivity index (χ0) is 18.1. The molecule has 1 aliphatic rings. The zero-order valence-corrected chi connectivity index (χ0v) is 15.2. The smallest absolute Gasteiger partial charge is 0.247 e. The molecule has 0 bridgehead atoms. The highest BCUT2D eigenvalue weighted by atomic mass is 16.1. The average Bonchev–Trinajstić information content (AvgIpc) is 2.63. The maximum absolute atomic E-state index is 11.2. The number of aryl methyl sites for hydroxylation is 2. The minimum Gasteiger partial charge on any atom is -0.329 e. The Hall–Kier alpha value is -2.72. The van der Waals surface area contributed by atoms with E-state index in [1.165, 1.54) is 22.3 Å². The monoisotopic (exact) mass is 345 g/mol. The maximum Gasteiger partial charge on any atom is 0.247 e. The molecule has 4 rings (SSSR count). The Balaban J connectivity index is 1.53. The van der Waals surface area contributed by atoms with Gasteiger partial charge in [0.15, 0.2) is 0 Å². The summed E-state index contributed by atoms with van der Waals surface area (Å²) in [6, 6.07) is 14.5. The lowest BCUT2D eigenvalue weighted by atomic mass is 9.94. The van der Waals surface area contributed by atoms with Gasteiger partial charge in [-0.05, 0) is 48.6 Å². The van der Waals surface area contributed by atoms with E-state index >= 15 is 0 Å². The molecule has 3 heterocycles. The van der Waals surface area contributed by atoms with Gasteiger partial charge in [0.2, 0.25) is 5.56 Å². The van der Waals surface area contributed by atoms with Crippen molar-refractivity contribution in [1.29, 1.82) is 0 Å². The van der Waals surface area contributed by atoms with Gasteiger partial charge in [0.1, 0.15) is 0 Å². The van der Waals surface area contributed by atoms with Gasteiger partial charge in [-0.3, -0.25) is 14.7 Å². The SMILES string of the molecule is Cc1ccc(-c2ccc3c(c2)CCN(Cc2ccc(=O)[nH]c2)C3)c(C)n1. The summed E-state index contributed by atoms with van der Waals surface area (Å²) in [5.74, 6) is 0. The van der Waals surface area contributed by atoms with Gasteiger partial charge in [0, 0.05) is 48.8 Å². The van der Waals surface area contributed by atoms with E-state index in [4.69, 9.17) is 0 Å². The third kappa shape index (κ3) is 3.46. The Morgan fingerprint density at radius 3 is 2.73 bits per heavy atom. The second-order valence-corrected chi connectivity index (χ2v) is 7.09. The van der Waals surface area contributed by atoms with E-state index in [0.29, 0.717) is 0 Å². The van der Waals surface area contributed by atoms with E-state index in [9.17, 15) is 4.79 Å². The summed E-state index contributed by atoms with van der Waals surface area (Å²) in [4.78, 5) is 21.0. The summed E-state index contributed by atoms with van der Waals surface area (Å²) >= 11 is 0. The van der Waals surface area contributed by atoms with Crippen molar-refractivity contribution >= 4 is 0 Å². The van der Waals surface area contributed by atoms with Crippen LogP contribution < -0.4 is 5.56 Å². The van der Waals surface area contributed by atoms with E-state index in [2.05, 4.69) is 52.1 Å². The van der Waals surface area contributed by atoms with Crippen LogP contribution in [0.4, 0.5) is 0 Å². The molecule has 132 valence electrons. The van der Waals surface area contributed by atoms with Crippen molar-refractivity contribution in [2.24, 2.45) is 0 Å². The Morgan fingerprint density at radius 1 is 1.08 bits per heavy atom. The second-order valence-electron chi connectivity index (χ2n) is 7.09. The molecule has 0 aliphatic carbocycles. The molecule has 1 aliphatic heterocycles. The Labute approximate surface area is 153 Å². The predicted molar refractivity (Wildman–Crippen MR) is 104 cm³/mol. The number of pyridine rings is 2. The second kappa shape index (κ2) is 6.89. The fourth-order valence-corrected chi connectivity index (χ4v) is 3.70. The summed E-state index contributed by atoms with van der Waals surface area (Å²) in [5, 5.41) is 0. The number of hydrogen-bond acceptors (Lipinski definition) is 3. The summed E-state index contributed by atoms with van der Waals surface area (Å²) in [7, 11) is 0. The normalized spacial score (nSPS) is 14.2. The quantitative estimate of drug-likeness (QED) is 0.789. The molecule has 1 N–H and O–H groups in total. The van der Waals surface area contributed by atoms with Gasteiger partial charge in [-0.1, -0.05) is 30.3 Å². The molecule has 4 heteroatoms. The first-order valence-electron chi connectivity index (χ1n) is 9.05. The van der Waals surface area contributed by atoms with Crippen LogP contribution in [0.25, 0.3) is 11.1 Å². The molecule has 2 aromatic heterocycles. The van der Waals surface area contributed by atoms with E-state index in [1.54, 1.807) is 6.07 Å². The Morgan fingerprint density at radius 2 is 1.96 bits per heavy atom. The molecule has 0 saturated heterocycles. The summed E-state index contributed by atoms with van der Waals surface area (Å²) in [5.41, 5.74) is 8.53. The van der Waals surface area contributed by atoms with Crippen LogP contribution >= 0.6 is 0 Å². The van der Waals surface area contributed by atoms with Gasteiger partial charge in [0.25, 0.3) is 0 Å². The maximum atomic E-state index is 11.2. The van der Waals surface area contributed by atoms with Crippen LogP contribution in [-0.4, -0.2) is 21.4 Å². The number of aromatic nitrogens is 2. The van der Waals surface area contributed by atoms with Crippen molar-refractivity contribution in [2.75, 3.05) is 6.54 Å². The molecule has 0 radical (unpaired) electrons. The van der Waals surface area contributed by atoms with Gasteiger partial charge in [-0.15, -0.1) is 0 Å². The van der Waals surface area contributed by atoms with Gasteiger partial charge in [-0.2, -0.15) is 0 Å². The van der Waals surface area contributed by atoms with E-state index < -0.39 is 0 Å². The molecule has 4 nitrogen and oxygen atoms in total.